The van der Waals surface area contributed by atoms with Gasteiger partial charge in [0.05, 0.1) is 0 Å². The molecule has 0 fully saturated rings. The Morgan fingerprint density at radius 1 is 1.20 bits per heavy atom. The Morgan fingerprint density at radius 2 is 1.73 bits per heavy atom. The van der Waals surface area contributed by atoms with Gasteiger partial charge in [0.15, 0.2) is 0 Å². The van der Waals surface area contributed by atoms with Crippen LogP contribution in [0.15, 0.2) is 24.3 Å². The zero-order valence-corrected chi connectivity index (χ0v) is 8.86. The van der Waals surface area contributed by atoms with E-state index in [1.165, 1.54) is 12.1 Å². The van der Waals surface area contributed by atoms with Gasteiger partial charge in [0, 0.05) is 12.3 Å². The predicted molar refractivity (Wildman–Crippen MR) is 56.7 cm³/mol. The lowest BCUT2D eigenvalue weighted by Crippen LogP contribution is -2.21. The summed E-state index contributed by atoms with van der Waals surface area (Å²) < 4.78 is 0. The molecule has 1 aromatic carbocycles. The molecule has 3 heteroatoms. The summed E-state index contributed by atoms with van der Waals surface area (Å²) in [6, 6.07) is 6.28. The molecule has 80 valence electrons. The molecule has 1 aromatic rings. The lowest BCUT2D eigenvalue weighted by Gasteiger charge is -2.03. The second-order valence-electron chi connectivity index (χ2n) is 3.79. The van der Waals surface area contributed by atoms with Crippen molar-refractivity contribution >= 4 is 11.6 Å². The van der Waals surface area contributed by atoms with Gasteiger partial charge in [-0.25, -0.2) is 0 Å². The van der Waals surface area contributed by atoms with Crippen molar-refractivity contribution in [2.24, 2.45) is 5.92 Å². The molecule has 3 nitrogen and oxygen atoms in total. The van der Waals surface area contributed by atoms with Crippen molar-refractivity contribution in [3.8, 4) is 5.75 Å². The monoisotopic (exact) mass is 206 g/mol. The Hall–Kier alpha value is -1.64. The molecule has 1 N–H and O–H groups in total. The number of carbonyl (C=O) groups is 2. The molecule has 0 aliphatic heterocycles. The normalized spacial score (nSPS) is 10.3. The molecule has 0 aliphatic rings. The number of benzene rings is 1. The minimum absolute atomic E-state index is 0.108. The fraction of sp³-hybridized carbons (Fsp3) is 0.333. The van der Waals surface area contributed by atoms with E-state index in [2.05, 4.69) is 0 Å². The van der Waals surface area contributed by atoms with Crippen molar-refractivity contribution in [1.82, 2.24) is 0 Å². The van der Waals surface area contributed by atoms with E-state index in [4.69, 9.17) is 5.11 Å². The second kappa shape index (κ2) is 4.73. The van der Waals surface area contributed by atoms with E-state index in [-0.39, 0.29) is 29.7 Å². The minimum Gasteiger partial charge on any atom is -0.508 e. The molecule has 0 bridgehead atoms. The van der Waals surface area contributed by atoms with Gasteiger partial charge in [0.25, 0.3) is 0 Å². The van der Waals surface area contributed by atoms with Gasteiger partial charge in [-0.05, 0) is 17.7 Å². The number of carbonyl (C=O) groups excluding carboxylic acids is 2. The highest BCUT2D eigenvalue weighted by atomic mass is 16.3. The number of aromatic hydroxyl groups is 1. The van der Waals surface area contributed by atoms with Crippen LogP contribution in [0.2, 0.25) is 0 Å². The van der Waals surface area contributed by atoms with Gasteiger partial charge in [0.2, 0.25) is 11.6 Å². The molecular formula is C12H14O3. The zero-order valence-electron chi connectivity index (χ0n) is 8.86. The largest absolute Gasteiger partial charge is 0.508 e. The van der Waals surface area contributed by atoms with Crippen LogP contribution in [0.1, 0.15) is 19.4 Å². The molecule has 0 radical (unpaired) electrons. The maximum absolute atomic E-state index is 11.4. The molecule has 0 spiro atoms. The molecular weight excluding hydrogens is 192 g/mol. The van der Waals surface area contributed by atoms with Gasteiger partial charge in [-0.15, -0.1) is 0 Å². The van der Waals surface area contributed by atoms with Gasteiger partial charge in [-0.3, -0.25) is 9.59 Å². The fourth-order valence-electron chi connectivity index (χ4n) is 1.21. The first-order valence-corrected chi connectivity index (χ1v) is 4.85. The van der Waals surface area contributed by atoms with E-state index >= 15 is 0 Å². The van der Waals surface area contributed by atoms with E-state index in [1.807, 2.05) is 0 Å². The number of phenolic OH excluding ortho intramolecular Hbond substituents is 1. The number of hydrogen-bond donors (Lipinski definition) is 1. The standard InChI is InChI=1S/C12H14O3/c1-8(2)12(15)11(14)7-9-3-5-10(13)6-4-9/h3-6,8,13H,7H2,1-2H3. The molecule has 0 unspecified atom stereocenters. The van der Waals surface area contributed by atoms with Gasteiger partial charge in [-0.2, -0.15) is 0 Å². The summed E-state index contributed by atoms with van der Waals surface area (Å²) in [7, 11) is 0. The third kappa shape index (κ3) is 3.20. The summed E-state index contributed by atoms with van der Waals surface area (Å²) in [6.07, 6.45) is 0.108. The van der Waals surface area contributed by atoms with E-state index in [9.17, 15) is 9.59 Å². The van der Waals surface area contributed by atoms with Crippen molar-refractivity contribution in [3.05, 3.63) is 29.8 Å². The summed E-state index contributed by atoms with van der Waals surface area (Å²) >= 11 is 0. The van der Waals surface area contributed by atoms with Crippen molar-refractivity contribution in [3.63, 3.8) is 0 Å². The topological polar surface area (TPSA) is 54.4 Å². The van der Waals surface area contributed by atoms with E-state index in [0.29, 0.717) is 0 Å². The molecule has 1 rings (SSSR count). The molecule has 0 amide bonds. The highest BCUT2D eigenvalue weighted by molar-refractivity contribution is 6.38. The van der Waals surface area contributed by atoms with Gasteiger partial charge >= 0.3 is 0 Å². The summed E-state index contributed by atoms with van der Waals surface area (Å²) in [6.45, 7) is 3.41. The second-order valence-corrected chi connectivity index (χ2v) is 3.79. The Morgan fingerprint density at radius 3 is 2.20 bits per heavy atom. The first kappa shape index (κ1) is 11.4. The average Bonchev–Trinajstić information content (AvgIpc) is 2.20. The van der Waals surface area contributed by atoms with Crippen molar-refractivity contribution in [2.45, 2.75) is 20.3 Å². The predicted octanol–water partition coefficient (Wildman–Crippen LogP) is 1.73. The third-order valence-corrected chi connectivity index (χ3v) is 2.10. The average molecular weight is 206 g/mol. The lowest BCUT2D eigenvalue weighted by molar-refractivity contribution is -0.138. The molecule has 0 saturated carbocycles. The number of Topliss-reactive ketones (excluding diaryl/α,β-unsaturated/α-hetero) is 2. The summed E-state index contributed by atoms with van der Waals surface area (Å²) in [4.78, 5) is 22.7. The molecule has 15 heavy (non-hydrogen) atoms. The molecule has 0 saturated heterocycles. The summed E-state index contributed by atoms with van der Waals surface area (Å²) in [5.41, 5.74) is 0.742. The quantitative estimate of drug-likeness (QED) is 0.763. The van der Waals surface area contributed by atoms with Crippen LogP contribution < -0.4 is 0 Å². The van der Waals surface area contributed by atoms with E-state index in [0.717, 1.165) is 5.56 Å². The van der Waals surface area contributed by atoms with Crippen molar-refractivity contribution < 1.29 is 14.7 Å². The lowest BCUT2D eigenvalue weighted by atomic mass is 10.00. The van der Waals surface area contributed by atoms with E-state index in [1.54, 1.807) is 26.0 Å². The van der Waals surface area contributed by atoms with Crippen LogP contribution in [0.5, 0.6) is 5.75 Å². The van der Waals surface area contributed by atoms with Crippen LogP contribution in [0.3, 0.4) is 0 Å². The minimum atomic E-state index is -0.379. The number of hydrogen-bond acceptors (Lipinski definition) is 3. The number of phenols is 1. The number of rotatable bonds is 4. The van der Waals surface area contributed by atoms with Crippen LogP contribution in [0.25, 0.3) is 0 Å². The Balaban J connectivity index is 2.67. The van der Waals surface area contributed by atoms with Gasteiger partial charge in [0.1, 0.15) is 5.75 Å². The molecule has 0 aliphatic carbocycles. The van der Waals surface area contributed by atoms with E-state index < -0.39 is 0 Å². The Kier molecular flexibility index (Phi) is 3.61. The van der Waals surface area contributed by atoms with Crippen molar-refractivity contribution in [1.29, 1.82) is 0 Å². The van der Waals surface area contributed by atoms with Crippen LogP contribution in [0, 0.1) is 5.92 Å². The van der Waals surface area contributed by atoms with Crippen LogP contribution in [-0.4, -0.2) is 16.7 Å². The first-order valence-electron chi connectivity index (χ1n) is 4.85. The highest BCUT2D eigenvalue weighted by Crippen LogP contribution is 2.11. The Labute approximate surface area is 88.7 Å². The SMILES string of the molecule is CC(C)C(=O)C(=O)Cc1ccc(O)cc1. The summed E-state index contributed by atoms with van der Waals surface area (Å²) in [5.74, 6) is -0.824. The fourth-order valence-corrected chi connectivity index (χ4v) is 1.21. The number of ketones is 2. The zero-order chi connectivity index (χ0) is 11.4. The maximum atomic E-state index is 11.4. The van der Waals surface area contributed by atoms with Crippen LogP contribution in [-0.2, 0) is 16.0 Å². The first-order chi connectivity index (χ1) is 7.00. The highest BCUT2D eigenvalue weighted by Gasteiger charge is 2.17. The van der Waals surface area contributed by atoms with Crippen LogP contribution >= 0.6 is 0 Å². The smallest absolute Gasteiger partial charge is 0.203 e. The molecule has 0 heterocycles. The van der Waals surface area contributed by atoms with Crippen molar-refractivity contribution in [2.75, 3.05) is 0 Å². The molecule has 0 atom stereocenters. The summed E-state index contributed by atoms with van der Waals surface area (Å²) in [5, 5.41) is 9.04. The van der Waals surface area contributed by atoms with Crippen LogP contribution in [0.4, 0.5) is 0 Å². The molecule has 0 aromatic heterocycles. The van der Waals surface area contributed by atoms with Gasteiger partial charge in [-0.1, -0.05) is 26.0 Å². The third-order valence-electron chi connectivity index (χ3n) is 2.10. The maximum Gasteiger partial charge on any atom is 0.203 e. The Bertz CT molecular complexity index is 363. The van der Waals surface area contributed by atoms with Gasteiger partial charge < -0.3 is 5.11 Å².